The van der Waals surface area contributed by atoms with Crippen LogP contribution in [0.2, 0.25) is 0 Å². The summed E-state index contributed by atoms with van der Waals surface area (Å²) in [5, 5.41) is 0.978. The van der Waals surface area contributed by atoms with Gasteiger partial charge in [0.15, 0.2) is 5.54 Å². The minimum atomic E-state index is -1.52. The highest BCUT2D eigenvalue weighted by Gasteiger charge is 2.34. The molecule has 0 fully saturated rings. The Kier molecular flexibility index (Phi) is 7.11. The SMILES string of the molecule is C#CC(N)(Cn1cc(OCCCCCC)c2ccccc21)C(=O)OCC. The minimum Gasteiger partial charge on any atom is -0.491 e. The molecule has 0 aliphatic heterocycles. The molecule has 26 heavy (non-hydrogen) atoms. The number of rotatable bonds is 10. The third-order valence-electron chi connectivity index (χ3n) is 4.32. The first-order valence-corrected chi connectivity index (χ1v) is 9.20. The summed E-state index contributed by atoms with van der Waals surface area (Å²) in [5.41, 5.74) is 5.55. The van der Waals surface area contributed by atoms with Crippen molar-refractivity contribution in [3.05, 3.63) is 30.5 Å². The number of esters is 1. The van der Waals surface area contributed by atoms with E-state index in [1.807, 2.05) is 35.0 Å². The Labute approximate surface area is 155 Å². The lowest BCUT2D eigenvalue weighted by Crippen LogP contribution is -2.51. The van der Waals surface area contributed by atoms with E-state index in [0.29, 0.717) is 6.61 Å². The molecule has 2 aromatic rings. The smallest absolute Gasteiger partial charge is 0.340 e. The van der Waals surface area contributed by atoms with Crippen molar-refractivity contribution in [2.75, 3.05) is 13.2 Å². The summed E-state index contributed by atoms with van der Waals surface area (Å²) in [6.07, 6.45) is 12.0. The highest BCUT2D eigenvalue weighted by Crippen LogP contribution is 2.29. The van der Waals surface area contributed by atoms with Crippen molar-refractivity contribution in [3.8, 4) is 18.1 Å². The van der Waals surface area contributed by atoms with Gasteiger partial charge in [-0.1, -0.05) is 44.2 Å². The van der Waals surface area contributed by atoms with Crippen molar-refractivity contribution in [2.24, 2.45) is 5.73 Å². The maximum Gasteiger partial charge on any atom is 0.340 e. The second-order valence-corrected chi connectivity index (χ2v) is 6.38. The molecule has 0 saturated heterocycles. The van der Waals surface area contributed by atoms with Crippen LogP contribution in [-0.2, 0) is 16.1 Å². The van der Waals surface area contributed by atoms with Crippen LogP contribution in [0.3, 0.4) is 0 Å². The van der Waals surface area contributed by atoms with Gasteiger partial charge in [0, 0.05) is 11.6 Å². The molecule has 0 aliphatic rings. The molecule has 2 rings (SSSR count). The number of hydrogen-bond donors (Lipinski definition) is 1. The molecule has 1 heterocycles. The zero-order valence-corrected chi connectivity index (χ0v) is 15.7. The van der Waals surface area contributed by atoms with E-state index in [4.69, 9.17) is 21.6 Å². The Morgan fingerprint density at radius 2 is 2.04 bits per heavy atom. The van der Waals surface area contributed by atoms with Gasteiger partial charge in [0.05, 0.1) is 25.3 Å². The standard InChI is InChI=1S/C21H28N2O3/c1-4-7-8-11-14-26-19-15-23(18-13-10-9-12-17(18)19)16-21(22,5-2)20(24)25-6-3/h2,9-10,12-13,15H,4,6-8,11,14,16,22H2,1,3H3. The first-order valence-electron chi connectivity index (χ1n) is 9.20. The Morgan fingerprint density at radius 3 is 2.73 bits per heavy atom. The zero-order chi connectivity index (χ0) is 19.0. The fraction of sp³-hybridized carbons (Fsp3) is 0.476. The normalized spacial score (nSPS) is 13.2. The molecule has 0 amide bonds. The highest BCUT2D eigenvalue weighted by atomic mass is 16.5. The topological polar surface area (TPSA) is 66.5 Å². The highest BCUT2D eigenvalue weighted by molar-refractivity contribution is 5.88. The summed E-state index contributed by atoms with van der Waals surface area (Å²) >= 11 is 0. The average molecular weight is 356 g/mol. The van der Waals surface area contributed by atoms with E-state index in [9.17, 15) is 4.79 Å². The van der Waals surface area contributed by atoms with Gasteiger partial charge in [-0.05, 0) is 25.5 Å². The number of hydrogen-bond acceptors (Lipinski definition) is 4. The number of carbonyl (C=O) groups is 1. The fourth-order valence-corrected chi connectivity index (χ4v) is 2.87. The number of terminal acetylenes is 1. The van der Waals surface area contributed by atoms with Gasteiger partial charge in [0.25, 0.3) is 0 Å². The van der Waals surface area contributed by atoms with Crippen molar-refractivity contribution in [1.29, 1.82) is 0 Å². The molecule has 1 unspecified atom stereocenters. The molecule has 2 N–H and O–H groups in total. The number of para-hydroxylation sites is 1. The van der Waals surface area contributed by atoms with Crippen LogP contribution >= 0.6 is 0 Å². The molecule has 140 valence electrons. The monoisotopic (exact) mass is 356 g/mol. The second kappa shape index (κ2) is 9.30. The first kappa shape index (κ1) is 19.9. The van der Waals surface area contributed by atoms with Crippen LogP contribution in [0.1, 0.15) is 39.5 Å². The van der Waals surface area contributed by atoms with Gasteiger partial charge in [0.1, 0.15) is 5.75 Å². The molecule has 0 bridgehead atoms. The molecule has 1 aromatic heterocycles. The summed E-state index contributed by atoms with van der Waals surface area (Å²) in [4.78, 5) is 12.2. The van der Waals surface area contributed by atoms with Crippen LogP contribution in [0.4, 0.5) is 0 Å². The van der Waals surface area contributed by atoms with E-state index in [1.165, 1.54) is 12.8 Å². The average Bonchev–Trinajstić information content (AvgIpc) is 2.99. The van der Waals surface area contributed by atoms with Crippen LogP contribution in [0.15, 0.2) is 30.5 Å². The van der Waals surface area contributed by atoms with Crippen molar-refractivity contribution in [3.63, 3.8) is 0 Å². The molecule has 5 nitrogen and oxygen atoms in total. The number of fused-ring (bicyclic) bond motifs is 1. The molecule has 0 saturated carbocycles. The Bertz CT molecular complexity index is 775. The molecular weight excluding hydrogens is 328 g/mol. The largest absolute Gasteiger partial charge is 0.491 e. The van der Waals surface area contributed by atoms with Gasteiger partial charge in [-0.3, -0.25) is 0 Å². The van der Waals surface area contributed by atoms with E-state index in [1.54, 1.807) is 6.92 Å². The summed E-state index contributed by atoms with van der Waals surface area (Å²) in [5.74, 6) is 2.58. The van der Waals surface area contributed by atoms with Gasteiger partial charge in [-0.25, -0.2) is 4.79 Å². The summed E-state index contributed by atoms with van der Waals surface area (Å²) in [6.45, 7) is 4.93. The van der Waals surface area contributed by atoms with Crippen molar-refractivity contribution in [1.82, 2.24) is 4.57 Å². The quantitative estimate of drug-likeness (QED) is 0.402. The van der Waals surface area contributed by atoms with Crippen molar-refractivity contribution < 1.29 is 14.3 Å². The molecule has 0 aliphatic carbocycles. The number of unbranched alkanes of at least 4 members (excludes halogenated alkanes) is 3. The fourth-order valence-electron chi connectivity index (χ4n) is 2.87. The van der Waals surface area contributed by atoms with Gasteiger partial charge >= 0.3 is 5.97 Å². The van der Waals surface area contributed by atoms with Crippen LogP contribution in [-0.4, -0.2) is 29.3 Å². The molecule has 5 heteroatoms. The van der Waals surface area contributed by atoms with E-state index < -0.39 is 11.5 Å². The number of nitrogens with zero attached hydrogens (tertiary/aromatic N) is 1. The summed E-state index contributed by atoms with van der Waals surface area (Å²) in [6, 6.07) is 7.84. The summed E-state index contributed by atoms with van der Waals surface area (Å²) < 4.78 is 12.9. The Hall–Kier alpha value is -2.45. The van der Waals surface area contributed by atoms with Crippen LogP contribution in [0, 0.1) is 12.3 Å². The maximum absolute atomic E-state index is 12.2. The molecule has 1 aromatic carbocycles. The van der Waals surface area contributed by atoms with E-state index in [0.717, 1.165) is 29.5 Å². The lowest BCUT2D eigenvalue weighted by Gasteiger charge is -2.22. The minimum absolute atomic E-state index is 0.127. The summed E-state index contributed by atoms with van der Waals surface area (Å²) in [7, 11) is 0. The van der Waals surface area contributed by atoms with Crippen molar-refractivity contribution in [2.45, 2.75) is 51.6 Å². The van der Waals surface area contributed by atoms with Gasteiger partial charge in [-0.15, -0.1) is 6.42 Å². The number of benzene rings is 1. The molecule has 0 spiro atoms. The second-order valence-electron chi connectivity index (χ2n) is 6.38. The number of ether oxygens (including phenoxy) is 2. The predicted molar refractivity (Wildman–Crippen MR) is 104 cm³/mol. The number of nitrogens with two attached hydrogens (primary N) is 1. The number of carbonyl (C=O) groups excluding carboxylic acids is 1. The lowest BCUT2D eigenvalue weighted by molar-refractivity contribution is -0.147. The lowest BCUT2D eigenvalue weighted by atomic mass is 10.0. The maximum atomic E-state index is 12.2. The third kappa shape index (κ3) is 4.59. The first-order chi connectivity index (χ1) is 12.6. The van der Waals surface area contributed by atoms with Crippen molar-refractivity contribution >= 4 is 16.9 Å². The van der Waals surface area contributed by atoms with Crippen LogP contribution < -0.4 is 10.5 Å². The third-order valence-corrected chi connectivity index (χ3v) is 4.32. The predicted octanol–water partition coefficient (Wildman–Crippen LogP) is 3.49. The number of aromatic nitrogens is 1. The van der Waals surface area contributed by atoms with Gasteiger partial charge in [0.2, 0.25) is 0 Å². The van der Waals surface area contributed by atoms with Gasteiger partial charge < -0.3 is 19.8 Å². The van der Waals surface area contributed by atoms with Crippen LogP contribution in [0.5, 0.6) is 5.75 Å². The zero-order valence-electron chi connectivity index (χ0n) is 15.7. The molecule has 1 atom stereocenters. The van der Waals surface area contributed by atoms with Crippen LogP contribution in [0.25, 0.3) is 10.9 Å². The Morgan fingerprint density at radius 1 is 1.27 bits per heavy atom. The van der Waals surface area contributed by atoms with E-state index >= 15 is 0 Å². The molecule has 0 radical (unpaired) electrons. The molecular formula is C21H28N2O3. The van der Waals surface area contributed by atoms with E-state index in [-0.39, 0.29) is 13.2 Å². The Balaban J connectivity index is 2.22. The van der Waals surface area contributed by atoms with E-state index in [2.05, 4.69) is 12.8 Å². The van der Waals surface area contributed by atoms with Gasteiger partial charge in [-0.2, -0.15) is 0 Å².